The van der Waals surface area contributed by atoms with Crippen molar-refractivity contribution < 1.29 is 10.2 Å². The van der Waals surface area contributed by atoms with E-state index in [2.05, 4.69) is 15.0 Å². The molecule has 0 aliphatic rings. The molecule has 0 aliphatic heterocycles. The van der Waals surface area contributed by atoms with Crippen molar-refractivity contribution in [2.24, 2.45) is 9.98 Å². The lowest BCUT2D eigenvalue weighted by molar-refractivity contribution is 0.476. The molecular weight excluding hydrogens is 326 g/mol. The van der Waals surface area contributed by atoms with Gasteiger partial charge in [-0.15, -0.1) is 0 Å². The molecule has 2 aromatic carbocycles. The molecule has 0 bridgehead atoms. The molecule has 0 spiro atoms. The molecule has 0 aliphatic carbocycles. The van der Waals surface area contributed by atoms with Crippen molar-refractivity contribution in [3.8, 4) is 11.5 Å². The average Bonchev–Trinajstić information content (AvgIpc) is 2.61. The lowest BCUT2D eigenvalue weighted by atomic mass is 10.2. The summed E-state index contributed by atoms with van der Waals surface area (Å²) in [4.78, 5) is 13.0. The zero-order valence-electron chi connectivity index (χ0n) is 14.6. The Hall–Kier alpha value is -3.47. The van der Waals surface area contributed by atoms with E-state index in [4.69, 9.17) is 0 Å². The highest BCUT2D eigenvalue weighted by molar-refractivity contribution is 5.84. The molecule has 5 nitrogen and oxygen atoms in total. The highest BCUT2D eigenvalue weighted by atomic mass is 16.3. The first-order valence-electron chi connectivity index (χ1n) is 8.16. The summed E-state index contributed by atoms with van der Waals surface area (Å²) in [6.45, 7) is 3.81. The summed E-state index contributed by atoms with van der Waals surface area (Å²) in [7, 11) is 0. The fraction of sp³-hybridized carbons (Fsp3) is 0.0952. The monoisotopic (exact) mass is 345 g/mol. The molecule has 2 N–H and O–H groups in total. The van der Waals surface area contributed by atoms with Crippen LogP contribution in [0.5, 0.6) is 11.5 Å². The van der Waals surface area contributed by atoms with Crippen LogP contribution in [0.25, 0.3) is 0 Å². The zero-order valence-corrected chi connectivity index (χ0v) is 14.6. The second-order valence-corrected chi connectivity index (χ2v) is 5.99. The van der Waals surface area contributed by atoms with E-state index < -0.39 is 0 Å². The summed E-state index contributed by atoms with van der Waals surface area (Å²) in [6.07, 6.45) is 3.18. The van der Waals surface area contributed by atoms with Gasteiger partial charge < -0.3 is 10.2 Å². The molecule has 0 unspecified atom stereocenters. The fourth-order valence-electron chi connectivity index (χ4n) is 2.37. The number of nitrogens with zero attached hydrogens (tertiary/aromatic N) is 3. The molecule has 1 heterocycles. The quantitative estimate of drug-likeness (QED) is 0.678. The highest BCUT2D eigenvalue weighted by Crippen LogP contribution is 2.27. The van der Waals surface area contributed by atoms with Crippen molar-refractivity contribution in [1.29, 1.82) is 0 Å². The number of aryl methyl sites for hydroxylation is 2. The second kappa shape index (κ2) is 7.61. The van der Waals surface area contributed by atoms with Crippen LogP contribution in [0.15, 0.2) is 64.6 Å². The Balaban J connectivity index is 1.79. The van der Waals surface area contributed by atoms with E-state index in [-0.39, 0.29) is 11.5 Å². The molecule has 5 heteroatoms. The van der Waals surface area contributed by atoms with Crippen LogP contribution in [0.4, 0.5) is 11.4 Å². The number of phenolic OH excluding ortho intramolecular Hbond substituents is 2. The Morgan fingerprint density at radius 2 is 1.19 bits per heavy atom. The molecule has 130 valence electrons. The predicted molar refractivity (Wildman–Crippen MR) is 104 cm³/mol. The van der Waals surface area contributed by atoms with Crippen LogP contribution in [-0.2, 0) is 0 Å². The molecule has 26 heavy (non-hydrogen) atoms. The van der Waals surface area contributed by atoms with Gasteiger partial charge in [0.15, 0.2) is 0 Å². The maximum Gasteiger partial charge on any atom is 0.141 e. The first kappa shape index (κ1) is 17.4. The van der Waals surface area contributed by atoms with Gasteiger partial charge in [-0.25, -0.2) is 4.98 Å². The Kier molecular flexibility index (Phi) is 5.08. The van der Waals surface area contributed by atoms with E-state index in [1.54, 1.807) is 36.7 Å². The van der Waals surface area contributed by atoms with Crippen LogP contribution >= 0.6 is 0 Å². The van der Waals surface area contributed by atoms with Gasteiger partial charge in [-0.2, -0.15) is 0 Å². The largest absolute Gasteiger partial charge is 0.506 e. The topological polar surface area (TPSA) is 78.1 Å². The molecule has 0 radical (unpaired) electrons. The Bertz CT molecular complexity index is 918. The number of aromatic hydroxyl groups is 2. The van der Waals surface area contributed by atoms with Gasteiger partial charge >= 0.3 is 0 Å². The van der Waals surface area contributed by atoms with Crippen LogP contribution < -0.4 is 0 Å². The molecule has 1 aromatic heterocycles. The third-order valence-electron chi connectivity index (χ3n) is 3.73. The number of phenols is 2. The van der Waals surface area contributed by atoms with E-state index in [0.717, 1.165) is 11.1 Å². The lowest BCUT2D eigenvalue weighted by Crippen LogP contribution is -1.93. The number of benzene rings is 2. The molecule has 3 rings (SSSR count). The van der Waals surface area contributed by atoms with Crippen LogP contribution in [0.1, 0.15) is 22.5 Å². The number of aliphatic imine (C=N–C) groups is 2. The van der Waals surface area contributed by atoms with Crippen LogP contribution in [0, 0.1) is 13.8 Å². The number of rotatable bonds is 4. The van der Waals surface area contributed by atoms with Crippen molar-refractivity contribution in [3.63, 3.8) is 0 Å². The third-order valence-corrected chi connectivity index (χ3v) is 3.73. The zero-order chi connectivity index (χ0) is 18.5. The van der Waals surface area contributed by atoms with Crippen molar-refractivity contribution in [3.05, 3.63) is 77.1 Å². The molecular formula is C21H19N3O2. The van der Waals surface area contributed by atoms with Gasteiger partial charge in [0.2, 0.25) is 0 Å². The van der Waals surface area contributed by atoms with Gasteiger partial charge in [0.25, 0.3) is 0 Å². The standard InChI is InChI=1S/C21H19N3O2/c1-14-6-8-18(20(25)10-14)22-12-16-4-3-5-17(24-16)13-23-19-9-7-15(2)11-21(19)26/h3-13,25-26H,1-2H3. The van der Waals surface area contributed by atoms with Gasteiger partial charge in [-0.1, -0.05) is 18.2 Å². The number of hydrogen-bond donors (Lipinski definition) is 2. The van der Waals surface area contributed by atoms with Gasteiger partial charge in [-0.05, 0) is 61.4 Å². The van der Waals surface area contributed by atoms with Crippen LogP contribution in [0.2, 0.25) is 0 Å². The Morgan fingerprint density at radius 3 is 1.62 bits per heavy atom. The first-order valence-corrected chi connectivity index (χ1v) is 8.16. The minimum Gasteiger partial charge on any atom is -0.506 e. The van der Waals surface area contributed by atoms with Crippen molar-refractivity contribution in [2.75, 3.05) is 0 Å². The summed E-state index contributed by atoms with van der Waals surface area (Å²) in [5, 5.41) is 19.8. The smallest absolute Gasteiger partial charge is 0.141 e. The minimum absolute atomic E-state index is 0.133. The van der Waals surface area contributed by atoms with Gasteiger partial charge in [0.05, 0.1) is 23.8 Å². The van der Waals surface area contributed by atoms with E-state index >= 15 is 0 Å². The van der Waals surface area contributed by atoms with E-state index in [9.17, 15) is 10.2 Å². The molecule has 0 amide bonds. The Labute approximate surface area is 152 Å². The van der Waals surface area contributed by atoms with E-state index in [1.165, 1.54) is 0 Å². The van der Waals surface area contributed by atoms with Crippen molar-refractivity contribution >= 4 is 23.8 Å². The lowest BCUT2D eigenvalue weighted by Gasteiger charge is -2.01. The van der Waals surface area contributed by atoms with Crippen molar-refractivity contribution in [1.82, 2.24) is 4.98 Å². The number of aromatic nitrogens is 1. The van der Waals surface area contributed by atoms with Crippen LogP contribution in [-0.4, -0.2) is 27.6 Å². The third kappa shape index (κ3) is 4.33. The van der Waals surface area contributed by atoms with Gasteiger partial charge in [-0.3, -0.25) is 9.98 Å². The first-order chi connectivity index (χ1) is 12.5. The summed E-state index contributed by atoms with van der Waals surface area (Å²) >= 11 is 0. The van der Waals surface area contributed by atoms with E-state index in [1.807, 2.05) is 44.2 Å². The maximum atomic E-state index is 9.90. The Morgan fingerprint density at radius 1 is 0.731 bits per heavy atom. The van der Waals surface area contributed by atoms with Crippen molar-refractivity contribution in [2.45, 2.75) is 13.8 Å². The summed E-state index contributed by atoms with van der Waals surface area (Å²) in [5.74, 6) is 0.266. The molecule has 0 saturated heterocycles. The van der Waals surface area contributed by atoms with Crippen LogP contribution in [0.3, 0.4) is 0 Å². The summed E-state index contributed by atoms with van der Waals surface area (Å²) in [5.41, 5.74) is 4.19. The van der Waals surface area contributed by atoms with Gasteiger partial charge in [0, 0.05) is 0 Å². The fourth-order valence-corrected chi connectivity index (χ4v) is 2.37. The second-order valence-electron chi connectivity index (χ2n) is 5.99. The highest BCUT2D eigenvalue weighted by Gasteiger charge is 2.00. The molecule has 0 fully saturated rings. The SMILES string of the molecule is Cc1ccc(N=Cc2cccc(C=Nc3ccc(C)cc3O)n2)c(O)c1. The van der Waals surface area contributed by atoms with E-state index in [0.29, 0.717) is 22.8 Å². The minimum atomic E-state index is 0.133. The average molecular weight is 345 g/mol. The number of hydrogen-bond acceptors (Lipinski definition) is 5. The van der Waals surface area contributed by atoms with Gasteiger partial charge in [0.1, 0.15) is 22.9 Å². The summed E-state index contributed by atoms with van der Waals surface area (Å²) < 4.78 is 0. The normalized spacial score (nSPS) is 11.5. The predicted octanol–water partition coefficient (Wildman–Crippen LogP) is 4.61. The molecule has 0 atom stereocenters. The molecule has 3 aromatic rings. The number of pyridine rings is 1. The molecule has 0 saturated carbocycles. The maximum absolute atomic E-state index is 9.90. The summed E-state index contributed by atoms with van der Waals surface area (Å²) in [6, 6.07) is 16.1.